The van der Waals surface area contributed by atoms with Gasteiger partial charge in [0.15, 0.2) is 0 Å². The number of benzene rings is 2. The zero-order valence-electron chi connectivity index (χ0n) is 18.0. The summed E-state index contributed by atoms with van der Waals surface area (Å²) in [4.78, 5) is 26.8. The van der Waals surface area contributed by atoms with Crippen LogP contribution in [-0.2, 0) is 27.4 Å². The second-order valence-corrected chi connectivity index (χ2v) is 8.61. The first kappa shape index (κ1) is 20.7. The summed E-state index contributed by atoms with van der Waals surface area (Å²) in [5.74, 6) is 0.148. The normalized spacial score (nSPS) is 20.5. The molecule has 0 bridgehead atoms. The maximum absolute atomic E-state index is 13.8. The minimum Gasteiger partial charge on any atom is -0.487 e. The van der Waals surface area contributed by atoms with Gasteiger partial charge in [-0.2, -0.15) is 0 Å². The van der Waals surface area contributed by atoms with E-state index in [1.165, 1.54) is 17.7 Å². The van der Waals surface area contributed by atoms with Crippen molar-refractivity contribution in [3.05, 3.63) is 64.5 Å². The van der Waals surface area contributed by atoms with E-state index in [1.54, 1.807) is 13.1 Å². The molecule has 3 heterocycles. The first-order chi connectivity index (χ1) is 15.5. The van der Waals surface area contributed by atoms with Crippen molar-refractivity contribution in [2.75, 3.05) is 32.0 Å². The van der Waals surface area contributed by atoms with Gasteiger partial charge < -0.3 is 20.3 Å². The van der Waals surface area contributed by atoms with Crippen LogP contribution in [0.3, 0.4) is 0 Å². The Morgan fingerprint density at radius 3 is 2.78 bits per heavy atom. The van der Waals surface area contributed by atoms with Gasteiger partial charge in [-0.25, -0.2) is 4.39 Å². The van der Waals surface area contributed by atoms with Crippen LogP contribution in [0.5, 0.6) is 0 Å². The number of rotatable bonds is 4. The molecule has 2 amide bonds. The number of anilines is 1. The molecule has 166 valence electrons. The highest BCUT2D eigenvalue weighted by atomic mass is 19.1. The molecular formula is C25H26FN3O3. The second-order valence-electron chi connectivity index (χ2n) is 8.61. The van der Waals surface area contributed by atoms with Crippen molar-refractivity contribution in [3.63, 3.8) is 0 Å². The van der Waals surface area contributed by atoms with Crippen molar-refractivity contribution in [2.24, 2.45) is 5.92 Å². The van der Waals surface area contributed by atoms with Crippen LogP contribution in [-0.4, -0.2) is 43.4 Å². The van der Waals surface area contributed by atoms with E-state index in [9.17, 15) is 14.0 Å². The van der Waals surface area contributed by atoms with Crippen molar-refractivity contribution < 1.29 is 18.7 Å². The standard InChI is InChI=1S/C25H26FN3O3/c1-27-24(30)16-7-10-29(11-8-16)9-6-15-2-4-19-17(12-15)14-32-23(19)22-20-13-18(26)3-5-21(20)28-25(22)31/h2-5,12-13,16H,6-11,14H2,1H3,(H,27,30)(H,28,31)/b23-22+. The number of hydrogen-bond acceptors (Lipinski definition) is 4. The lowest BCUT2D eigenvalue weighted by Crippen LogP contribution is -2.40. The molecule has 0 atom stereocenters. The molecule has 0 saturated carbocycles. The fourth-order valence-electron chi connectivity index (χ4n) is 4.85. The van der Waals surface area contributed by atoms with Gasteiger partial charge in [0, 0.05) is 41.9 Å². The van der Waals surface area contributed by atoms with Crippen molar-refractivity contribution >= 4 is 28.8 Å². The van der Waals surface area contributed by atoms with Crippen LogP contribution in [0.2, 0.25) is 0 Å². The highest BCUT2D eigenvalue weighted by molar-refractivity contribution is 6.36. The third-order valence-corrected chi connectivity index (χ3v) is 6.66. The predicted molar refractivity (Wildman–Crippen MR) is 120 cm³/mol. The molecule has 6 nitrogen and oxygen atoms in total. The number of nitrogens with one attached hydrogen (secondary N) is 2. The van der Waals surface area contributed by atoms with Crippen LogP contribution < -0.4 is 10.6 Å². The maximum atomic E-state index is 13.8. The summed E-state index contributed by atoms with van der Waals surface area (Å²) in [5, 5.41) is 5.54. The summed E-state index contributed by atoms with van der Waals surface area (Å²) in [6, 6.07) is 10.5. The van der Waals surface area contributed by atoms with E-state index in [0.29, 0.717) is 29.2 Å². The number of halogens is 1. The molecule has 7 heteroatoms. The molecule has 32 heavy (non-hydrogen) atoms. The molecule has 1 fully saturated rings. The third-order valence-electron chi connectivity index (χ3n) is 6.66. The molecule has 2 N–H and O–H groups in total. The largest absolute Gasteiger partial charge is 0.487 e. The summed E-state index contributed by atoms with van der Waals surface area (Å²) in [6.07, 6.45) is 2.72. The van der Waals surface area contributed by atoms with E-state index in [2.05, 4.69) is 27.7 Å². The number of piperidine rings is 1. The quantitative estimate of drug-likeness (QED) is 0.724. The molecule has 3 aliphatic rings. The van der Waals surface area contributed by atoms with Gasteiger partial charge in [-0.05, 0) is 56.1 Å². The molecule has 0 aromatic heterocycles. The van der Waals surface area contributed by atoms with Gasteiger partial charge >= 0.3 is 0 Å². The van der Waals surface area contributed by atoms with Crippen LogP contribution in [0.15, 0.2) is 36.4 Å². The number of likely N-dealkylation sites (tertiary alicyclic amines) is 1. The third kappa shape index (κ3) is 3.77. The summed E-state index contributed by atoms with van der Waals surface area (Å²) < 4.78 is 19.7. The van der Waals surface area contributed by atoms with Gasteiger partial charge in [0.25, 0.3) is 5.91 Å². The van der Waals surface area contributed by atoms with E-state index < -0.39 is 0 Å². The minimum absolute atomic E-state index is 0.131. The van der Waals surface area contributed by atoms with E-state index in [-0.39, 0.29) is 23.5 Å². The number of amides is 2. The van der Waals surface area contributed by atoms with Gasteiger partial charge in [-0.3, -0.25) is 9.59 Å². The molecular weight excluding hydrogens is 409 g/mol. The molecule has 3 aliphatic heterocycles. The van der Waals surface area contributed by atoms with Gasteiger partial charge in [0.2, 0.25) is 5.91 Å². The lowest BCUT2D eigenvalue weighted by Gasteiger charge is -2.31. The number of nitrogens with zero attached hydrogens (tertiary/aromatic N) is 1. The van der Waals surface area contributed by atoms with Gasteiger partial charge in [0.1, 0.15) is 18.2 Å². The Morgan fingerprint density at radius 2 is 2.00 bits per heavy atom. The Bertz CT molecular complexity index is 1120. The first-order valence-electron chi connectivity index (χ1n) is 11.1. The molecule has 0 spiro atoms. The van der Waals surface area contributed by atoms with Crippen LogP contribution in [0.4, 0.5) is 10.1 Å². The van der Waals surface area contributed by atoms with E-state index >= 15 is 0 Å². The van der Waals surface area contributed by atoms with Crippen molar-refractivity contribution in [1.82, 2.24) is 10.2 Å². The number of carbonyl (C=O) groups excluding carboxylic acids is 2. The highest BCUT2D eigenvalue weighted by Gasteiger charge is 2.33. The van der Waals surface area contributed by atoms with Gasteiger partial charge in [-0.15, -0.1) is 0 Å². The number of fused-ring (bicyclic) bond motifs is 2. The Kier molecular flexibility index (Phi) is 5.43. The molecule has 0 radical (unpaired) electrons. The fourth-order valence-corrected chi connectivity index (χ4v) is 4.85. The lowest BCUT2D eigenvalue weighted by molar-refractivity contribution is -0.125. The van der Waals surface area contributed by atoms with Crippen molar-refractivity contribution in [2.45, 2.75) is 25.9 Å². The Balaban J connectivity index is 1.29. The monoisotopic (exact) mass is 435 g/mol. The Labute approximate surface area is 186 Å². The van der Waals surface area contributed by atoms with Crippen LogP contribution in [0.1, 0.15) is 35.1 Å². The van der Waals surface area contributed by atoms with E-state index in [0.717, 1.165) is 50.0 Å². The number of hydrogen-bond donors (Lipinski definition) is 2. The highest BCUT2D eigenvalue weighted by Crippen LogP contribution is 2.42. The summed E-state index contributed by atoms with van der Waals surface area (Å²) >= 11 is 0. The first-order valence-corrected chi connectivity index (χ1v) is 11.1. The van der Waals surface area contributed by atoms with E-state index in [1.807, 2.05) is 6.07 Å². The fraction of sp³-hybridized carbons (Fsp3) is 0.360. The lowest BCUT2D eigenvalue weighted by atomic mass is 9.95. The van der Waals surface area contributed by atoms with Gasteiger partial charge in [0.05, 0.1) is 5.57 Å². The summed E-state index contributed by atoms with van der Waals surface area (Å²) in [5.41, 5.74) is 4.69. The van der Waals surface area contributed by atoms with Crippen LogP contribution >= 0.6 is 0 Å². The molecule has 1 saturated heterocycles. The second kappa shape index (κ2) is 8.39. The molecule has 2 aromatic carbocycles. The Morgan fingerprint density at radius 1 is 1.19 bits per heavy atom. The molecule has 0 aliphatic carbocycles. The smallest absolute Gasteiger partial charge is 0.260 e. The molecule has 0 unspecified atom stereocenters. The minimum atomic E-state index is -0.383. The average Bonchev–Trinajstić information content (AvgIpc) is 3.36. The molecule has 5 rings (SSSR count). The van der Waals surface area contributed by atoms with Crippen molar-refractivity contribution in [3.8, 4) is 0 Å². The SMILES string of the molecule is CNC(=O)C1CCN(CCc2ccc3c(c2)CO/C3=C2/C(=O)Nc3ccc(F)cc32)CC1. The van der Waals surface area contributed by atoms with Crippen molar-refractivity contribution in [1.29, 1.82) is 0 Å². The van der Waals surface area contributed by atoms with Crippen LogP contribution in [0, 0.1) is 11.7 Å². The summed E-state index contributed by atoms with van der Waals surface area (Å²) in [6.45, 7) is 3.22. The zero-order chi connectivity index (χ0) is 22.2. The zero-order valence-corrected chi connectivity index (χ0v) is 18.0. The topological polar surface area (TPSA) is 70.7 Å². The average molecular weight is 435 g/mol. The van der Waals surface area contributed by atoms with Gasteiger partial charge in [-0.1, -0.05) is 18.2 Å². The van der Waals surface area contributed by atoms with Crippen LogP contribution in [0.25, 0.3) is 11.3 Å². The number of ether oxygens (including phenoxy) is 1. The summed E-state index contributed by atoms with van der Waals surface area (Å²) in [7, 11) is 1.70. The predicted octanol–water partition coefficient (Wildman–Crippen LogP) is 3.18. The van der Waals surface area contributed by atoms with E-state index in [4.69, 9.17) is 4.74 Å². The number of carbonyl (C=O) groups is 2. The Hall–Kier alpha value is -3.19. The maximum Gasteiger partial charge on any atom is 0.260 e. The molecule has 2 aromatic rings.